The molecule has 1 amide bonds. The van der Waals surface area contributed by atoms with E-state index in [0.717, 1.165) is 51.4 Å². The van der Waals surface area contributed by atoms with Crippen molar-refractivity contribution in [1.82, 2.24) is 5.32 Å². The van der Waals surface area contributed by atoms with Gasteiger partial charge in [0.1, 0.15) is 13.2 Å². The molecule has 0 aromatic carbocycles. The van der Waals surface area contributed by atoms with E-state index in [4.69, 9.17) is 9.05 Å². The van der Waals surface area contributed by atoms with E-state index < -0.39 is 20.0 Å². The summed E-state index contributed by atoms with van der Waals surface area (Å²) in [7, 11) is 1.55. The lowest BCUT2D eigenvalue weighted by Gasteiger charge is -2.25. The third-order valence-corrected chi connectivity index (χ3v) is 13.2. The molecule has 0 aliphatic heterocycles. The Balaban J connectivity index is 4.18. The van der Waals surface area contributed by atoms with Gasteiger partial charge in [-0.25, -0.2) is 4.57 Å². The van der Waals surface area contributed by atoms with Crippen molar-refractivity contribution in [2.45, 2.75) is 257 Å². The first-order chi connectivity index (χ1) is 32.0. The van der Waals surface area contributed by atoms with Crippen LogP contribution in [0.4, 0.5) is 0 Å². The maximum atomic E-state index is 12.9. The SMILES string of the molecule is CCCCCCC/C=C\C/C=C\C/C=C\CCCCCCCCCCCCCCCCC(=O)NC(COP(=O)(O)OCC[N+](C)(C)C)C(O)/C=C/CC/C=C/CCCCCCCCCCC. The van der Waals surface area contributed by atoms with E-state index in [2.05, 4.69) is 67.8 Å². The van der Waals surface area contributed by atoms with Crippen LogP contribution < -0.4 is 5.32 Å². The highest BCUT2D eigenvalue weighted by molar-refractivity contribution is 7.47. The molecule has 0 saturated heterocycles. The molecule has 3 atom stereocenters. The van der Waals surface area contributed by atoms with Crippen LogP contribution in [-0.4, -0.2) is 73.4 Å². The van der Waals surface area contributed by atoms with E-state index in [1.807, 2.05) is 27.2 Å². The minimum atomic E-state index is -4.35. The van der Waals surface area contributed by atoms with Crippen molar-refractivity contribution in [3.8, 4) is 0 Å². The number of nitrogens with one attached hydrogen (secondary N) is 1. The van der Waals surface area contributed by atoms with Gasteiger partial charge in [-0.1, -0.05) is 229 Å². The lowest BCUT2D eigenvalue weighted by atomic mass is 10.0. The molecule has 8 nitrogen and oxygen atoms in total. The number of unbranched alkanes of at least 4 members (excludes halogenated alkanes) is 29. The van der Waals surface area contributed by atoms with E-state index >= 15 is 0 Å². The topological polar surface area (TPSA) is 105 Å². The molecule has 0 bridgehead atoms. The first kappa shape index (κ1) is 64.2. The lowest BCUT2D eigenvalue weighted by Crippen LogP contribution is -2.45. The van der Waals surface area contributed by atoms with Crippen molar-refractivity contribution in [3.05, 3.63) is 60.8 Å². The zero-order chi connectivity index (χ0) is 48.5. The molecule has 9 heteroatoms. The highest BCUT2D eigenvalue weighted by Crippen LogP contribution is 2.43. The largest absolute Gasteiger partial charge is 0.472 e. The molecule has 0 rings (SSSR count). The number of carbonyl (C=O) groups excluding carboxylic acids is 1. The van der Waals surface area contributed by atoms with Crippen LogP contribution in [0.1, 0.15) is 245 Å². The van der Waals surface area contributed by atoms with E-state index in [9.17, 15) is 19.4 Å². The predicted molar refractivity (Wildman–Crippen MR) is 286 cm³/mol. The molecular weight excluding hydrogens is 840 g/mol. The number of aliphatic hydroxyl groups excluding tert-OH is 1. The van der Waals surface area contributed by atoms with Crippen LogP contribution in [0, 0.1) is 0 Å². The van der Waals surface area contributed by atoms with Gasteiger partial charge in [0.05, 0.1) is 39.9 Å². The van der Waals surface area contributed by atoms with Crippen molar-refractivity contribution in [1.29, 1.82) is 0 Å². The monoisotopic (exact) mass is 948 g/mol. The third kappa shape index (κ3) is 50.1. The Bertz CT molecular complexity index is 1260. The highest BCUT2D eigenvalue weighted by atomic mass is 31.2. The van der Waals surface area contributed by atoms with Crippen molar-refractivity contribution >= 4 is 13.7 Å². The van der Waals surface area contributed by atoms with Gasteiger partial charge < -0.3 is 19.8 Å². The fraction of sp³-hybridized carbons (Fsp3) is 0.807. The van der Waals surface area contributed by atoms with Gasteiger partial charge in [-0.05, 0) is 70.6 Å². The molecule has 66 heavy (non-hydrogen) atoms. The number of hydrogen-bond donors (Lipinski definition) is 3. The Hall–Kier alpha value is -1.80. The van der Waals surface area contributed by atoms with Gasteiger partial charge in [0.15, 0.2) is 0 Å². The van der Waals surface area contributed by atoms with E-state index in [1.165, 1.54) is 173 Å². The number of amides is 1. The number of rotatable bonds is 50. The van der Waals surface area contributed by atoms with E-state index in [-0.39, 0.29) is 19.1 Å². The van der Waals surface area contributed by atoms with Crippen LogP contribution >= 0.6 is 7.82 Å². The third-order valence-electron chi connectivity index (χ3n) is 12.2. The highest BCUT2D eigenvalue weighted by Gasteiger charge is 2.27. The smallest absolute Gasteiger partial charge is 0.387 e. The molecule has 386 valence electrons. The van der Waals surface area contributed by atoms with Crippen LogP contribution in [0.3, 0.4) is 0 Å². The molecule has 0 spiro atoms. The summed E-state index contributed by atoms with van der Waals surface area (Å²) in [5.74, 6) is -0.188. The van der Waals surface area contributed by atoms with Crippen LogP contribution in [0.2, 0.25) is 0 Å². The van der Waals surface area contributed by atoms with Crippen LogP contribution in [-0.2, 0) is 18.4 Å². The first-order valence-electron chi connectivity index (χ1n) is 27.7. The molecule has 0 aliphatic rings. The molecule has 3 N–H and O–H groups in total. The minimum absolute atomic E-state index is 0.0548. The summed E-state index contributed by atoms with van der Waals surface area (Å²) in [5, 5.41) is 13.9. The van der Waals surface area contributed by atoms with Crippen LogP contribution in [0.15, 0.2) is 60.8 Å². The maximum Gasteiger partial charge on any atom is 0.472 e. The van der Waals surface area contributed by atoms with Crippen molar-refractivity contribution in [2.24, 2.45) is 0 Å². The Kier molecular flexibility index (Phi) is 46.9. The number of nitrogens with zero attached hydrogens (tertiary/aromatic N) is 1. The Morgan fingerprint density at radius 2 is 0.879 bits per heavy atom. The minimum Gasteiger partial charge on any atom is -0.387 e. The molecule has 0 fully saturated rings. The van der Waals surface area contributed by atoms with Gasteiger partial charge >= 0.3 is 7.82 Å². The number of quaternary nitrogens is 1. The molecule has 0 aromatic rings. The molecule has 0 saturated carbocycles. The van der Waals surface area contributed by atoms with Crippen LogP contribution in [0.25, 0.3) is 0 Å². The molecule has 0 aromatic heterocycles. The van der Waals surface area contributed by atoms with Crippen LogP contribution in [0.5, 0.6) is 0 Å². The molecule has 0 heterocycles. The second kappa shape index (κ2) is 48.2. The Morgan fingerprint density at radius 1 is 0.515 bits per heavy atom. The van der Waals surface area contributed by atoms with Gasteiger partial charge in [-0.2, -0.15) is 0 Å². The second-order valence-electron chi connectivity index (χ2n) is 19.9. The summed E-state index contributed by atoms with van der Waals surface area (Å²) in [6.45, 7) is 4.79. The van der Waals surface area contributed by atoms with E-state index in [1.54, 1.807) is 6.08 Å². The normalized spacial score (nSPS) is 14.5. The van der Waals surface area contributed by atoms with E-state index in [0.29, 0.717) is 17.4 Å². The number of allylic oxidation sites excluding steroid dienone is 9. The number of phosphoric acid groups is 1. The number of likely N-dealkylation sites (N-methyl/N-ethyl adjacent to an activating group) is 1. The first-order valence-corrected chi connectivity index (χ1v) is 29.2. The number of aliphatic hydroxyl groups is 1. The van der Waals surface area contributed by atoms with Crippen molar-refractivity contribution in [2.75, 3.05) is 40.9 Å². The average molecular weight is 948 g/mol. The van der Waals surface area contributed by atoms with Gasteiger partial charge in [-0.3, -0.25) is 13.8 Å². The summed E-state index contributed by atoms with van der Waals surface area (Å²) < 4.78 is 23.6. The van der Waals surface area contributed by atoms with Crippen molar-refractivity contribution < 1.29 is 32.9 Å². The zero-order valence-electron chi connectivity index (χ0n) is 43.9. The van der Waals surface area contributed by atoms with Gasteiger partial charge in [0.2, 0.25) is 5.91 Å². The Labute approximate surface area is 409 Å². The quantitative estimate of drug-likeness (QED) is 0.0243. The fourth-order valence-electron chi connectivity index (χ4n) is 7.83. The predicted octanol–water partition coefficient (Wildman–Crippen LogP) is 16.5. The van der Waals surface area contributed by atoms with Gasteiger partial charge in [0.25, 0.3) is 0 Å². The fourth-order valence-corrected chi connectivity index (χ4v) is 8.57. The Morgan fingerprint density at radius 3 is 1.32 bits per heavy atom. The van der Waals surface area contributed by atoms with Crippen molar-refractivity contribution in [3.63, 3.8) is 0 Å². The number of hydrogen-bond acceptors (Lipinski definition) is 5. The maximum absolute atomic E-state index is 12.9. The second-order valence-corrected chi connectivity index (χ2v) is 21.4. The molecule has 3 unspecified atom stereocenters. The number of phosphoric ester groups is 1. The molecule has 0 aliphatic carbocycles. The summed E-state index contributed by atoms with van der Waals surface area (Å²) in [5.41, 5.74) is 0. The lowest BCUT2D eigenvalue weighted by molar-refractivity contribution is -0.870. The standard InChI is InChI=1S/C57H107N2O6P/c1-6-8-10-12-14-16-18-20-22-23-24-25-26-27-28-29-30-31-32-33-34-35-37-39-41-43-45-47-49-51-57(61)58-55(54-65-66(62,63)64-53-52-59(3,4)5)56(60)50-48-46-44-42-40-38-36-21-19-17-15-13-11-9-7-2/h18,20,23-24,26-27,40,42,48,50,55-56,60H,6-17,19,21-22,25,28-39,41,43-47,49,51-54H2,1-5H3,(H-,58,61,62,63)/p+1/b20-18-,24-23-,27-26-,42-40+,50-48+. The summed E-state index contributed by atoms with van der Waals surface area (Å²) in [6, 6.07) is -0.865. The summed E-state index contributed by atoms with van der Waals surface area (Å²) in [6.07, 6.45) is 64.6. The molecular formula is C57H108N2O6P+. The number of carbonyl (C=O) groups is 1. The summed E-state index contributed by atoms with van der Waals surface area (Å²) >= 11 is 0. The van der Waals surface area contributed by atoms with Gasteiger partial charge in [0, 0.05) is 6.42 Å². The zero-order valence-corrected chi connectivity index (χ0v) is 44.8. The summed E-state index contributed by atoms with van der Waals surface area (Å²) in [4.78, 5) is 23.2. The molecule has 0 radical (unpaired) electrons. The van der Waals surface area contributed by atoms with Gasteiger partial charge in [-0.15, -0.1) is 0 Å². The average Bonchev–Trinajstić information content (AvgIpc) is 3.28.